The van der Waals surface area contributed by atoms with Gasteiger partial charge in [-0.25, -0.2) is 14.0 Å². The van der Waals surface area contributed by atoms with Crippen LogP contribution in [0.2, 0.25) is 0 Å². The molecule has 228 valence electrons. The zero-order valence-electron chi connectivity index (χ0n) is 23.4. The third kappa shape index (κ3) is 9.62. The molecule has 3 unspecified atom stereocenters. The highest BCUT2D eigenvalue weighted by molar-refractivity contribution is 8.13. The van der Waals surface area contributed by atoms with Gasteiger partial charge in [0.05, 0.1) is 31.3 Å². The van der Waals surface area contributed by atoms with Crippen LogP contribution in [-0.2, 0) is 37.5 Å². The fraction of sp³-hybridized carbons (Fsp3) is 0.708. The first-order valence-electron chi connectivity index (χ1n) is 12.6. The lowest BCUT2D eigenvalue weighted by atomic mass is 9.97. The van der Waals surface area contributed by atoms with Crippen LogP contribution in [0.1, 0.15) is 41.5 Å². The van der Waals surface area contributed by atoms with E-state index in [0.717, 1.165) is 22.7 Å². The number of carbonyl (C=O) groups excluding carboxylic acids is 3. The van der Waals surface area contributed by atoms with E-state index in [4.69, 9.17) is 18.5 Å². The number of aliphatic hydroxyl groups is 2. The van der Waals surface area contributed by atoms with Crippen molar-refractivity contribution in [1.29, 1.82) is 0 Å². The Balaban J connectivity index is 2.16. The van der Waals surface area contributed by atoms with Gasteiger partial charge in [0.25, 0.3) is 0 Å². The Kier molecular flexibility index (Phi) is 12.3. The highest BCUT2D eigenvalue weighted by Crippen LogP contribution is 2.46. The molecule has 0 spiro atoms. The third-order valence-corrected chi connectivity index (χ3v) is 8.60. The summed E-state index contributed by atoms with van der Waals surface area (Å²) in [6.07, 6.45) is -3.90. The summed E-state index contributed by atoms with van der Waals surface area (Å²) in [5.41, 5.74) is -0.598. The molecule has 2 rings (SSSR count). The standard InChI is InChI=1S/C24H39FN3O10PS/c1-13(2)37-21(31)15(4)27-39(34,35-10-11-40-22(32)24(5,6)7)36-12-16-18(14(3)25)19(30)20(38-16)28-9-8-17(29)26-23(28)33/h8-9,13,15-16,18-20,23,30,33H,3,10-12H2,1-2,4-7H3,(H,26,29)(H,27,34)/t15?,16-,18-,19-,20-,23?,39?/m1/s1. The van der Waals surface area contributed by atoms with Crippen LogP contribution in [0, 0.1) is 11.3 Å². The second kappa shape index (κ2) is 14.4. The lowest BCUT2D eigenvalue weighted by molar-refractivity contribution is -0.152. The first kappa shape index (κ1) is 34.4. The predicted molar refractivity (Wildman–Crippen MR) is 144 cm³/mol. The van der Waals surface area contributed by atoms with Crippen molar-refractivity contribution >= 4 is 36.5 Å². The van der Waals surface area contributed by atoms with E-state index in [1.54, 1.807) is 34.6 Å². The number of carbonyl (C=O) groups is 3. The molecule has 1 amide bonds. The smallest absolute Gasteiger partial charge is 0.406 e. The second-order valence-corrected chi connectivity index (χ2v) is 13.4. The van der Waals surface area contributed by atoms with Gasteiger partial charge in [0.15, 0.2) is 11.3 Å². The maximum atomic E-state index is 14.4. The van der Waals surface area contributed by atoms with E-state index in [-0.39, 0.29) is 17.5 Å². The number of amides is 1. The summed E-state index contributed by atoms with van der Waals surface area (Å²) >= 11 is 0.978. The molecule has 2 aliphatic heterocycles. The molecule has 0 aromatic rings. The van der Waals surface area contributed by atoms with E-state index in [2.05, 4.69) is 17.0 Å². The molecular formula is C24H39FN3O10PS. The highest BCUT2D eigenvalue weighted by Gasteiger charge is 2.50. The zero-order valence-corrected chi connectivity index (χ0v) is 25.1. The molecule has 40 heavy (non-hydrogen) atoms. The van der Waals surface area contributed by atoms with Gasteiger partial charge in [0, 0.05) is 23.4 Å². The summed E-state index contributed by atoms with van der Waals surface area (Å²) in [4.78, 5) is 37.0. The molecule has 0 saturated carbocycles. The van der Waals surface area contributed by atoms with Gasteiger partial charge in [-0.15, -0.1) is 0 Å². The maximum absolute atomic E-state index is 14.4. The SMILES string of the molecule is C=C(F)[C@H]1[C@@H](O)[C@H](N2C=CC(=O)NC2O)O[C@@H]1COP(=O)(NC(C)C(=O)OC(C)C)OCCSC(=O)C(C)(C)C. The van der Waals surface area contributed by atoms with Crippen molar-refractivity contribution in [2.45, 2.75) is 78.5 Å². The van der Waals surface area contributed by atoms with E-state index < -0.39 is 80.3 Å². The van der Waals surface area contributed by atoms with Gasteiger partial charge < -0.3 is 29.9 Å². The molecule has 0 aliphatic carbocycles. The summed E-state index contributed by atoms with van der Waals surface area (Å²) in [7, 11) is -4.30. The number of rotatable bonds is 13. The first-order valence-corrected chi connectivity index (χ1v) is 15.1. The van der Waals surface area contributed by atoms with Crippen molar-refractivity contribution in [3.63, 3.8) is 0 Å². The van der Waals surface area contributed by atoms with E-state index in [1.807, 2.05) is 0 Å². The molecule has 2 heterocycles. The van der Waals surface area contributed by atoms with E-state index in [1.165, 1.54) is 13.1 Å². The van der Waals surface area contributed by atoms with Crippen LogP contribution in [0.25, 0.3) is 0 Å². The quantitative estimate of drug-likeness (QED) is 0.135. The number of hydrogen-bond acceptors (Lipinski definition) is 12. The molecule has 0 aromatic carbocycles. The van der Waals surface area contributed by atoms with Crippen molar-refractivity contribution in [2.75, 3.05) is 19.0 Å². The van der Waals surface area contributed by atoms with E-state index in [0.29, 0.717) is 0 Å². The summed E-state index contributed by atoms with van der Waals surface area (Å²) in [5.74, 6) is -3.50. The van der Waals surface area contributed by atoms with Gasteiger partial charge in [0.1, 0.15) is 18.0 Å². The number of ether oxygens (including phenoxy) is 2. The van der Waals surface area contributed by atoms with Gasteiger partial charge in [-0.3, -0.25) is 23.4 Å². The monoisotopic (exact) mass is 611 g/mol. The molecule has 16 heteroatoms. The Labute approximate surface area is 237 Å². The number of nitrogens with zero attached hydrogens (tertiary/aromatic N) is 1. The van der Waals surface area contributed by atoms with Crippen LogP contribution in [0.15, 0.2) is 24.7 Å². The van der Waals surface area contributed by atoms with Gasteiger partial charge in [0.2, 0.25) is 12.3 Å². The van der Waals surface area contributed by atoms with Crippen LogP contribution >= 0.6 is 19.5 Å². The van der Waals surface area contributed by atoms with Crippen molar-refractivity contribution in [2.24, 2.45) is 11.3 Å². The summed E-state index contributed by atoms with van der Waals surface area (Å²) in [6, 6.07) is -1.14. The number of thioether (sulfide) groups is 1. The lowest BCUT2D eigenvalue weighted by Gasteiger charge is -2.35. The molecule has 4 N–H and O–H groups in total. The minimum Gasteiger partial charge on any atom is -0.462 e. The van der Waals surface area contributed by atoms with Crippen LogP contribution < -0.4 is 10.4 Å². The Morgan fingerprint density at radius 1 is 1.30 bits per heavy atom. The molecule has 1 saturated heterocycles. The van der Waals surface area contributed by atoms with Crippen molar-refractivity contribution < 1.29 is 52.1 Å². The molecular weight excluding hydrogens is 572 g/mol. The Hall–Kier alpha value is -1.84. The minimum atomic E-state index is -4.30. The predicted octanol–water partition coefficient (Wildman–Crippen LogP) is 1.77. The number of hydrogen-bond donors (Lipinski definition) is 4. The second-order valence-electron chi connectivity index (χ2n) is 10.5. The van der Waals surface area contributed by atoms with E-state index in [9.17, 15) is 33.6 Å². The number of esters is 1. The Morgan fingerprint density at radius 2 is 1.95 bits per heavy atom. The topological polar surface area (TPSA) is 173 Å². The Bertz CT molecular complexity index is 1020. The Morgan fingerprint density at radius 3 is 2.50 bits per heavy atom. The van der Waals surface area contributed by atoms with Gasteiger partial charge in [-0.1, -0.05) is 39.1 Å². The van der Waals surface area contributed by atoms with Crippen molar-refractivity contribution in [3.8, 4) is 0 Å². The van der Waals surface area contributed by atoms with Crippen molar-refractivity contribution in [1.82, 2.24) is 15.3 Å². The van der Waals surface area contributed by atoms with Crippen LogP contribution in [0.5, 0.6) is 0 Å². The molecule has 1 fully saturated rings. The number of halogens is 1. The minimum absolute atomic E-state index is 0.109. The molecule has 0 bridgehead atoms. The lowest BCUT2D eigenvalue weighted by Crippen LogP contribution is -2.55. The fourth-order valence-electron chi connectivity index (χ4n) is 3.64. The number of nitrogens with one attached hydrogen (secondary N) is 2. The largest absolute Gasteiger partial charge is 0.462 e. The van der Waals surface area contributed by atoms with Crippen LogP contribution in [-0.4, -0.2) is 88.0 Å². The van der Waals surface area contributed by atoms with Gasteiger partial charge in [-0.05, 0) is 20.8 Å². The van der Waals surface area contributed by atoms with E-state index >= 15 is 0 Å². The highest BCUT2D eigenvalue weighted by atomic mass is 32.2. The fourth-order valence-corrected chi connectivity index (χ4v) is 6.03. The normalized spacial score (nSPS) is 27.3. The summed E-state index contributed by atoms with van der Waals surface area (Å²) in [5, 5.41) is 25.5. The first-order chi connectivity index (χ1) is 18.4. The third-order valence-electron chi connectivity index (χ3n) is 5.64. The average molecular weight is 612 g/mol. The molecule has 0 aromatic heterocycles. The molecule has 13 nitrogen and oxygen atoms in total. The zero-order chi connectivity index (χ0) is 30.4. The van der Waals surface area contributed by atoms with Crippen LogP contribution in [0.3, 0.4) is 0 Å². The molecule has 2 aliphatic rings. The summed E-state index contributed by atoms with van der Waals surface area (Å²) < 4.78 is 49.9. The van der Waals surface area contributed by atoms with Crippen molar-refractivity contribution in [3.05, 3.63) is 24.7 Å². The molecule has 0 radical (unpaired) electrons. The van der Waals surface area contributed by atoms with Gasteiger partial charge >= 0.3 is 13.7 Å². The molecule has 7 atom stereocenters. The summed E-state index contributed by atoms with van der Waals surface area (Å²) in [6.45, 7) is 12.4. The number of aliphatic hydroxyl groups excluding tert-OH is 2. The average Bonchev–Trinajstić information content (AvgIpc) is 3.15. The maximum Gasteiger partial charge on any atom is 0.406 e. The van der Waals surface area contributed by atoms with Crippen LogP contribution in [0.4, 0.5) is 4.39 Å². The van der Waals surface area contributed by atoms with Gasteiger partial charge in [-0.2, -0.15) is 0 Å².